The Kier molecular flexibility index (Phi) is 10.9. The molecule has 0 bridgehead atoms. The van der Waals surface area contributed by atoms with Crippen molar-refractivity contribution in [3.05, 3.63) is 48.3 Å². The number of para-hydroxylation sites is 1. The molecule has 3 rings (SSSR count). The lowest BCUT2D eigenvalue weighted by Gasteiger charge is -2.34. The predicted octanol–water partition coefficient (Wildman–Crippen LogP) is 5.16. The Bertz CT molecular complexity index is 1070. The van der Waals surface area contributed by atoms with Gasteiger partial charge in [0.2, 0.25) is 6.79 Å². The highest BCUT2D eigenvalue weighted by Gasteiger charge is 2.35. The molecule has 1 heterocycles. The lowest BCUT2D eigenvalue weighted by molar-refractivity contribution is -0.163. The second kappa shape index (κ2) is 14.4. The van der Waals surface area contributed by atoms with Crippen LogP contribution in [0.15, 0.2) is 42.6 Å². The van der Waals surface area contributed by atoms with Crippen LogP contribution in [0.4, 0.5) is 0 Å². The fourth-order valence-corrected chi connectivity index (χ4v) is 4.63. The van der Waals surface area contributed by atoms with Gasteiger partial charge in [0, 0.05) is 25.6 Å². The molecular formula is C29H37NO8. The number of methoxy groups -OCH3 is 1. The molecule has 1 saturated carbocycles. The van der Waals surface area contributed by atoms with Crippen LogP contribution < -0.4 is 14.2 Å². The minimum atomic E-state index is -0.730. The average molecular weight is 528 g/mol. The first-order valence-electron chi connectivity index (χ1n) is 13.0. The number of benzene rings is 1. The van der Waals surface area contributed by atoms with Crippen molar-refractivity contribution in [2.45, 2.75) is 71.5 Å². The molecule has 0 saturated heterocycles. The van der Waals surface area contributed by atoms with Gasteiger partial charge >= 0.3 is 11.9 Å². The number of ether oxygens (including phenoxy) is 5. The van der Waals surface area contributed by atoms with E-state index in [1.165, 1.54) is 32.7 Å². The van der Waals surface area contributed by atoms with Crippen molar-refractivity contribution in [3.8, 4) is 17.2 Å². The molecule has 9 heteroatoms. The second-order valence-corrected chi connectivity index (χ2v) is 9.55. The first kappa shape index (κ1) is 28.9. The molecule has 1 aliphatic rings. The van der Waals surface area contributed by atoms with E-state index in [1.807, 2.05) is 37.3 Å². The highest BCUT2D eigenvalue weighted by atomic mass is 16.7. The zero-order chi connectivity index (χ0) is 27.5. The molecule has 206 valence electrons. The number of ketones is 1. The molecule has 1 aliphatic carbocycles. The van der Waals surface area contributed by atoms with Crippen molar-refractivity contribution < 1.29 is 38.1 Å². The molecular weight excluding hydrogens is 490 g/mol. The van der Waals surface area contributed by atoms with Crippen LogP contribution in [-0.4, -0.2) is 48.8 Å². The molecule has 2 aromatic rings. The van der Waals surface area contributed by atoms with Gasteiger partial charge in [-0.15, -0.1) is 0 Å². The highest BCUT2D eigenvalue weighted by Crippen LogP contribution is 2.33. The quantitative estimate of drug-likeness (QED) is 0.198. The van der Waals surface area contributed by atoms with Crippen LogP contribution in [0, 0.1) is 11.8 Å². The molecule has 1 aromatic carbocycles. The smallest absolute Gasteiger partial charge is 0.309 e. The van der Waals surface area contributed by atoms with Gasteiger partial charge in [-0.1, -0.05) is 44.4 Å². The second-order valence-electron chi connectivity index (χ2n) is 9.55. The first-order valence-corrected chi connectivity index (χ1v) is 13.0. The Morgan fingerprint density at radius 1 is 1.03 bits per heavy atom. The van der Waals surface area contributed by atoms with Crippen molar-refractivity contribution in [2.75, 3.05) is 13.9 Å². The van der Waals surface area contributed by atoms with Crippen molar-refractivity contribution in [3.63, 3.8) is 0 Å². The summed E-state index contributed by atoms with van der Waals surface area (Å²) < 4.78 is 27.8. The summed E-state index contributed by atoms with van der Waals surface area (Å²) in [4.78, 5) is 41.6. The number of carbonyl (C=O) groups excluding carboxylic acids is 3. The Labute approximate surface area is 223 Å². The number of aromatic nitrogens is 1. The minimum absolute atomic E-state index is 0.0132. The van der Waals surface area contributed by atoms with Crippen molar-refractivity contribution >= 4 is 17.7 Å². The topological polar surface area (TPSA) is 110 Å². The number of Topliss-reactive ketones (excluding diaryl/α,β-unsaturated/α-hetero) is 1. The van der Waals surface area contributed by atoms with Crippen LogP contribution in [0.25, 0.3) is 0 Å². The van der Waals surface area contributed by atoms with Crippen LogP contribution in [0.1, 0.15) is 69.8 Å². The lowest BCUT2D eigenvalue weighted by atomic mass is 9.83. The van der Waals surface area contributed by atoms with Gasteiger partial charge in [0.1, 0.15) is 18.0 Å². The van der Waals surface area contributed by atoms with Gasteiger partial charge in [-0.3, -0.25) is 14.4 Å². The van der Waals surface area contributed by atoms with Gasteiger partial charge in [-0.25, -0.2) is 4.98 Å². The van der Waals surface area contributed by atoms with Gasteiger partial charge < -0.3 is 23.7 Å². The number of nitrogens with zero attached hydrogens (tertiary/aromatic N) is 1. The molecule has 0 aliphatic heterocycles. The summed E-state index contributed by atoms with van der Waals surface area (Å²) in [7, 11) is 1.42. The van der Waals surface area contributed by atoms with Crippen molar-refractivity contribution in [1.82, 2.24) is 4.98 Å². The number of hydrogen-bond acceptors (Lipinski definition) is 9. The molecule has 0 unspecified atom stereocenters. The van der Waals surface area contributed by atoms with Gasteiger partial charge in [-0.2, -0.15) is 0 Å². The van der Waals surface area contributed by atoms with Gasteiger partial charge in [0.25, 0.3) is 0 Å². The molecule has 38 heavy (non-hydrogen) atoms. The summed E-state index contributed by atoms with van der Waals surface area (Å²) in [6.45, 7) is 4.41. The summed E-state index contributed by atoms with van der Waals surface area (Å²) in [5, 5.41) is 0. The molecule has 0 radical (unpaired) electrons. The van der Waals surface area contributed by atoms with Crippen molar-refractivity contribution in [2.24, 2.45) is 11.8 Å². The molecule has 0 amide bonds. The fraction of sp³-hybridized carbons (Fsp3) is 0.517. The van der Waals surface area contributed by atoms with Crippen LogP contribution >= 0.6 is 0 Å². The number of pyridine rings is 1. The SMILES string of the molecule is COc1ccnc(C(=O)C[C@@H](C)C(=O)O[C@H](C2CCCCC2)[C@H](C)Oc2ccccc2)c1OCOC(C)=O. The molecule has 3 atom stereocenters. The highest BCUT2D eigenvalue weighted by molar-refractivity contribution is 5.99. The van der Waals surface area contributed by atoms with E-state index in [-0.39, 0.29) is 35.6 Å². The third-order valence-electron chi connectivity index (χ3n) is 6.61. The van der Waals surface area contributed by atoms with E-state index in [0.717, 1.165) is 25.7 Å². The maximum absolute atomic E-state index is 13.2. The van der Waals surface area contributed by atoms with E-state index in [0.29, 0.717) is 5.75 Å². The van der Waals surface area contributed by atoms with E-state index >= 15 is 0 Å². The summed E-state index contributed by atoms with van der Waals surface area (Å²) in [5.41, 5.74) is -0.0132. The van der Waals surface area contributed by atoms with E-state index < -0.39 is 36.5 Å². The largest absolute Gasteiger partial charge is 0.493 e. The van der Waals surface area contributed by atoms with Gasteiger partial charge in [-0.05, 0) is 37.8 Å². The van der Waals surface area contributed by atoms with E-state index in [9.17, 15) is 14.4 Å². The Morgan fingerprint density at radius 3 is 2.39 bits per heavy atom. The molecule has 1 aromatic heterocycles. The zero-order valence-corrected chi connectivity index (χ0v) is 22.5. The molecule has 0 N–H and O–H groups in total. The maximum Gasteiger partial charge on any atom is 0.309 e. The van der Waals surface area contributed by atoms with Gasteiger partial charge in [0.05, 0.1) is 13.0 Å². The van der Waals surface area contributed by atoms with E-state index in [1.54, 1.807) is 6.92 Å². The monoisotopic (exact) mass is 527 g/mol. The first-order chi connectivity index (χ1) is 18.3. The Hall–Kier alpha value is -3.62. The molecule has 1 fully saturated rings. The zero-order valence-electron chi connectivity index (χ0n) is 22.5. The summed E-state index contributed by atoms with van der Waals surface area (Å²) >= 11 is 0. The van der Waals surface area contributed by atoms with Crippen molar-refractivity contribution in [1.29, 1.82) is 0 Å². The predicted molar refractivity (Wildman–Crippen MR) is 139 cm³/mol. The van der Waals surface area contributed by atoms with Crippen LogP contribution in [-0.2, 0) is 19.1 Å². The van der Waals surface area contributed by atoms with E-state index in [2.05, 4.69) is 4.98 Å². The fourth-order valence-electron chi connectivity index (χ4n) is 4.63. The maximum atomic E-state index is 13.2. The van der Waals surface area contributed by atoms with Gasteiger partial charge in [0.15, 0.2) is 23.0 Å². The summed E-state index contributed by atoms with van der Waals surface area (Å²) in [6.07, 6.45) is 5.75. The number of esters is 2. The number of rotatable bonds is 13. The van der Waals surface area contributed by atoms with Crippen LogP contribution in [0.3, 0.4) is 0 Å². The van der Waals surface area contributed by atoms with Crippen LogP contribution in [0.5, 0.6) is 17.2 Å². The third-order valence-corrected chi connectivity index (χ3v) is 6.61. The number of carbonyl (C=O) groups is 3. The lowest BCUT2D eigenvalue weighted by Crippen LogP contribution is -2.41. The minimum Gasteiger partial charge on any atom is -0.493 e. The Morgan fingerprint density at radius 2 is 1.74 bits per heavy atom. The Balaban J connectivity index is 1.70. The van der Waals surface area contributed by atoms with Crippen LogP contribution in [0.2, 0.25) is 0 Å². The normalized spacial score (nSPS) is 16.0. The number of hydrogen-bond donors (Lipinski definition) is 0. The third kappa shape index (κ3) is 8.19. The summed E-state index contributed by atoms with van der Waals surface area (Å²) in [6, 6.07) is 11.0. The summed E-state index contributed by atoms with van der Waals surface area (Å²) in [5.74, 6) is -0.943. The average Bonchev–Trinajstić information content (AvgIpc) is 2.92. The molecule has 0 spiro atoms. The van der Waals surface area contributed by atoms with E-state index in [4.69, 9.17) is 23.7 Å². The standard InChI is InChI=1S/C29H37NO8/c1-19(17-24(32)26-28(36-18-35-21(3)31)25(34-4)15-16-30-26)29(33)38-27(22-11-7-5-8-12-22)20(2)37-23-13-9-6-10-14-23/h6,9-10,13-16,19-20,22,27H,5,7-8,11-12,17-18H2,1-4H3/t19-,20+,27+/m1/s1. The molecule has 9 nitrogen and oxygen atoms in total.